The Labute approximate surface area is 163 Å². The lowest BCUT2D eigenvalue weighted by Gasteiger charge is -2.16. The molecule has 2 aromatic carbocycles. The van der Waals surface area contributed by atoms with E-state index in [0.29, 0.717) is 23.1 Å². The molecule has 0 spiro atoms. The van der Waals surface area contributed by atoms with E-state index in [1.807, 2.05) is 31.3 Å². The molecule has 6 nitrogen and oxygen atoms in total. The van der Waals surface area contributed by atoms with E-state index < -0.39 is 0 Å². The van der Waals surface area contributed by atoms with E-state index in [9.17, 15) is 0 Å². The van der Waals surface area contributed by atoms with Gasteiger partial charge in [0.25, 0.3) is 10.7 Å². The number of hydrogen-bond donors (Lipinski definition) is 0. The Balaban J connectivity index is 1.56. The second-order valence-electron chi connectivity index (χ2n) is 6.37. The Hall–Kier alpha value is -2.64. The number of ether oxygens (including phenoxy) is 2. The lowest BCUT2D eigenvalue weighted by molar-refractivity contribution is 0.240. The maximum atomic E-state index is 5.69. The molecular weight excluding hydrogens is 362 g/mol. The van der Waals surface area contributed by atoms with Crippen molar-refractivity contribution in [1.82, 2.24) is 14.7 Å². The summed E-state index contributed by atoms with van der Waals surface area (Å²) in [6, 6.07) is 15.8. The smallest absolute Gasteiger partial charge is 0.288 e. The van der Waals surface area contributed by atoms with Gasteiger partial charge in [-0.3, -0.25) is 4.90 Å². The van der Waals surface area contributed by atoms with Gasteiger partial charge < -0.3 is 13.9 Å². The van der Waals surface area contributed by atoms with Crippen LogP contribution in [0.15, 0.2) is 52.9 Å². The van der Waals surface area contributed by atoms with Crippen LogP contribution in [0.2, 0.25) is 0 Å². The Kier molecular flexibility index (Phi) is 6.26. The SMILES string of the molecule is COc1ccc(OCc2nn(CN(C)Cc3ccc(C)cc3)c(=S)o2)cc1. The summed E-state index contributed by atoms with van der Waals surface area (Å²) >= 11 is 5.27. The number of hydrogen-bond acceptors (Lipinski definition) is 6. The van der Waals surface area contributed by atoms with Crippen molar-refractivity contribution in [1.29, 1.82) is 0 Å². The van der Waals surface area contributed by atoms with Gasteiger partial charge >= 0.3 is 0 Å². The predicted octanol–water partition coefficient (Wildman–Crippen LogP) is 4.19. The first-order chi connectivity index (χ1) is 13.0. The highest BCUT2D eigenvalue weighted by atomic mass is 32.1. The fourth-order valence-electron chi connectivity index (χ4n) is 2.60. The maximum Gasteiger partial charge on any atom is 0.288 e. The molecule has 142 valence electrons. The molecule has 0 aliphatic carbocycles. The van der Waals surface area contributed by atoms with E-state index in [0.717, 1.165) is 12.3 Å². The lowest BCUT2D eigenvalue weighted by atomic mass is 10.1. The third-order valence-electron chi connectivity index (χ3n) is 4.02. The lowest BCUT2D eigenvalue weighted by Crippen LogP contribution is -2.22. The maximum absolute atomic E-state index is 5.69. The van der Waals surface area contributed by atoms with Crippen molar-refractivity contribution in [2.45, 2.75) is 26.7 Å². The molecule has 0 saturated heterocycles. The van der Waals surface area contributed by atoms with Crippen LogP contribution in [-0.4, -0.2) is 28.8 Å². The summed E-state index contributed by atoms with van der Waals surface area (Å²) in [7, 11) is 3.65. The largest absolute Gasteiger partial charge is 0.497 e. The van der Waals surface area contributed by atoms with Crippen LogP contribution < -0.4 is 9.47 Å². The minimum absolute atomic E-state index is 0.213. The number of methoxy groups -OCH3 is 1. The molecule has 0 unspecified atom stereocenters. The van der Waals surface area contributed by atoms with E-state index in [-0.39, 0.29) is 6.61 Å². The summed E-state index contributed by atoms with van der Waals surface area (Å²) in [5, 5.41) is 4.41. The van der Waals surface area contributed by atoms with Crippen molar-refractivity contribution in [3.8, 4) is 11.5 Å². The van der Waals surface area contributed by atoms with Crippen LogP contribution in [0.3, 0.4) is 0 Å². The van der Waals surface area contributed by atoms with Gasteiger partial charge in [-0.25, -0.2) is 4.68 Å². The standard InChI is InChI=1S/C20H23N3O3S/c1-15-4-6-16(7-5-15)12-22(2)14-23-20(27)26-19(21-23)13-25-18-10-8-17(24-3)9-11-18/h4-11H,12-14H2,1-3H3. The minimum atomic E-state index is 0.213. The number of nitrogens with zero attached hydrogens (tertiary/aromatic N) is 3. The van der Waals surface area contributed by atoms with Gasteiger partial charge in [-0.2, -0.15) is 0 Å². The highest BCUT2D eigenvalue weighted by Gasteiger charge is 2.09. The molecular formula is C20H23N3O3S. The van der Waals surface area contributed by atoms with Gasteiger partial charge in [-0.1, -0.05) is 29.8 Å². The van der Waals surface area contributed by atoms with Crippen molar-refractivity contribution in [2.75, 3.05) is 14.2 Å². The van der Waals surface area contributed by atoms with Crippen molar-refractivity contribution in [3.63, 3.8) is 0 Å². The summed E-state index contributed by atoms with van der Waals surface area (Å²) in [5.74, 6) is 1.93. The molecule has 0 amide bonds. The summed E-state index contributed by atoms with van der Waals surface area (Å²) in [6.45, 7) is 3.63. The summed E-state index contributed by atoms with van der Waals surface area (Å²) in [5.41, 5.74) is 2.49. The Morgan fingerprint density at radius 1 is 1.07 bits per heavy atom. The molecule has 27 heavy (non-hydrogen) atoms. The molecule has 1 aromatic heterocycles. The molecule has 0 radical (unpaired) electrons. The molecule has 3 rings (SSSR count). The van der Waals surface area contributed by atoms with E-state index in [1.165, 1.54) is 11.1 Å². The Morgan fingerprint density at radius 3 is 2.41 bits per heavy atom. The average Bonchev–Trinajstić information content (AvgIpc) is 3.01. The monoisotopic (exact) mass is 385 g/mol. The van der Waals surface area contributed by atoms with E-state index >= 15 is 0 Å². The topological polar surface area (TPSA) is 52.7 Å². The molecule has 3 aromatic rings. The molecule has 0 atom stereocenters. The summed E-state index contributed by atoms with van der Waals surface area (Å²) in [4.78, 5) is 2.45. The molecule has 0 fully saturated rings. The Bertz CT molecular complexity index is 917. The second kappa shape index (κ2) is 8.83. The molecule has 1 heterocycles. The number of aryl methyl sites for hydroxylation is 1. The van der Waals surface area contributed by atoms with Crippen molar-refractivity contribution < 1.29 is 13.9 Å². The zero-order chi connectivity index (χ0) is 19.2. The summed E-state index contributed by atoms with van der Waals surface area (Å²) in [6.07, 6.45) is 0. The second-order valence-corrected chi connectivity index (χ2v) is 6.72. The number of rotatable bonds is 8. The Morgan fingerprint density at radius 2 is 1.74 bits per heavy atom. The van der Waals surface area contributed by atoms with Gasteiger partial charge in [0.05, 0.1) is 13.8 Å². The van der Waals surface area contributed by atoms with Gasteiger partial charge in [0.15, 0.2) is 6.61 Å². The first kappa shape index (κ1) is 19.1. The van der Waals surface area contributed by atoms with Crippen molar-refractivity contribution >= 4 is 12.2 Å². The van der Waals surface area contributed by atoms with Gasteiger partial charge in [-0.05, 0) is 56.0 Å². The molecule has 0 N–H and O–H groups in total. The van der Waals surface area contributed by atoms with E-state index in [4.69, 9.17) is 26.1 Å². The van der Waals surface area contributed by atoms with Crippen LogP contribution in [0.4, 0.5) is 0 Å². The first-order valence-corrected chi connectivity index (χ1v) is 9.02. The van der Waals surface area contributed by atoms with Crippen LogP contribution >= 0.6 is 12.2 Å². The molecule has 0 aliphatic rings. The predicted molar refractivity (Wildman–Crippen MR) is 105 cm³/mol. The van der Waals surface area contributed by atoms with Gasteiger partial charge in [0.2, 0.25) is 0 Å². The average molecular weight is 385 g/mol. The summed E-state index contributed by atoms with van der Waals surface area (Å²) < 4.78 is 18.0. The van der Waals surface area contributed by atoms with Crippen LogP contribution in [0, 0.1) is 11.8 Å². The van der Waals surface area contributed by atoms with Gasteiger partial charge in [0.1, 0.15) is 11.5 Å². The van der Waals surface area contributed by atoms with Gasteiger partial charge in [0, 0.05) is 6.54 Å². The van der Waals surface area contributed by atoms with Gasteiger partial charge in [-0.15, -0.1) is 5.10 Å². The van der Waals surface area contributed by atoms with E-state index in [2.05, 4.69) is 41.2 Å². The van der Waals surface area contributed by atoms with Crippen LogP contribution in [0.1, 0.15) is 17.0 Å². The highest BCUT2D eigenvalue weighted by molar-refractivity contribution is 7.71. The quantitative estimate of drug-likeness (QED) is 0.542. The fourth-order valence-corrected chi connectivity index (χ4v) is 2.79. The highest BCUT2D eigenvalue weighted by Crippen LogP contribution is 2.18. The van der Waals surface area contributed by atoms with Crippen LogP contribution in [0.5, 0.6) is 11.5 Å². The molecule has 0 bridgehead atoms. The number of benzene rings is 2. The van der Waals surface area contributed by atoms with Crippen LogP contribution in [-0.2, 0) is 19.8 Å². The first-order valence-electron chi connectivity index (χ1n) is 8.61. The van der Waals surface area contributed by atoms with Crippen molar-refractivity contribution in [2.24, 2.45) is 0 Å². The van der Waals surface area contributed by atoms with Crippen molar-refractivity contribution in [3.05, 3.63) is 70.4 Å². The number of aromatic nitrogens is 2. The molecule has 7 heteroatoms. The zero-order valence-corrected chi connectivity index (χ0v) is 16.5. The van der Waals surface area contributed by atoms with Crippen LogP contribution in [0.25, 0.3) is 0 Å². The molecule has 0 aliphatic heterocycles. The normalized spacial score (nSPS) is 11.0. The minimum Gasteiger partial charge on any atom is -0.497 e. The fraction of sp³-hybridized carbons (Fsp3) is 0.300. The molecule has 0 saturated carbocycles. The third kappa shape index (κ3) is 5.42. The third-order valence-corrected chi connectivity index (χ3v) is 4.31. The zero-order valence-electron chi connectivity index (χ0n) is 15.7. The van der Waals surface area contributed by atoms with E-state index in [1.54, 1.807) is 11.8 Å².